The molecule has 1 aromatic heterocycles. The Hall–Kier alpha value is -1.70. The Bertz CT molecular complexity index is 720. The molecule has 2 N–H and O–H groups in total. The Kier molecular flexibility index (Phi) is 5.65. The summed E-state index contributed by atoms with van der Waals surface area (Å²) < 4.78 is 0.689. The zero-order valence-corrected chi connectivity index (χ0v) is 15.4. The minimum absolute atomic E-state index is 0.209. The number of hydrogen-bond acceptors (Lipinski definition) is 4. The average Bonchev–Trinajstić information content (AvgIpc) is 3.24. The molecule has 126 valence electrons. The van der Waals surface area contributed by atoms with Crippen LogP contribution in [0.2, 0.25) is 0 Å². The number of likely N-dealkylation sites (tertiary alicyclic amines) is 1. The highest BCUT2D eigenvalue weighted by Gasteiger charge is 2.28. The molecule has 2 aromatic rings. The zero-order chi connectivity index (χ0) is 16.9. The molecule has 0 bridgehead atoms. The lowest BCUT2D eigenvalue weighted by Gasteiger charge is -2.22. The number of thiophene rings is 1. The summed E-state index contributed by atoms with van der Waals surface area (Å²) in [5.41, 5.74) is 5.46. The molecule has 1 aliphatic heterocycles. The summed E-state index contributed by atoms with van der Waals surface area (Å²) >= 11 is 5.04. The first-order chi connectivity index (χ1) is 11.6. The van der Waals surface area contributed by atoms with Crippen LogP contribution in [-0.2, 0) is 4.79 Å². The van der Waals surface area contributed by atoms with Gasteiger partial charge in [-0.2, -0.15) is 0 Å². The SMILES string of the molecule is O=C(CN1CCC[C@H]1c1cccs1)NNC(=O)c1ccccc1Br. The fraction of sp³-hybridized carbons (Fsp3) is 0.294. The molecule has 0 unspecified atom stereocenters. The van der Waals surface area contributed by atoms with Crippen LogP contribution in [0.4, 0.5) is 0 Å². The number of hydrogen-bond donors (Lipinski definition) is 2. The summed E-state index contributed by atoms with van der Waals surface area (Å²) in [6.07, 6.45) is 2.15. The van der Waals surface area contributed by atoms with Crippen molar-refractivity contribution in [2.24, 2.45) is 0 Å². The molecule has 1 atom stereocenters. The lowest BCUT2D eigenvalue weighted by atomic mass is 10.2. The molecule has 3 rings (SSSR count). The summed E-state index contributed by atoms with van der Waals surface area (Å²) in [6, 6.07) is 11.5. The summed E-state index contributed by atoms with van der Waals surface area (Å²) in [6.45, 7) is 1.17. The number of amides is 2. The Morgan fingerprint density at radius 2 is 2.04 bits per heavy atom. The van der Waals surface area contributed by atoms with Gasteiger partial charge in [0.05, 0.1) is 12.1 Å². The van der Waals surface area contributed by atoms with Crippen LogP contribution in [0.15, 0.2) is 46.3 Å². The molecule has 24 heavy (non-hydrogen) atoms. The van der Waals surface area contributed by atoms with Gasteiger partial charge in [-0.25, -0.2) is 0 Å². The van der Waals surface area contributed by atoms with Crippen molar-refractivity contribution in [3.8, 4) is 0 Å². The normalized spacial score (nSPS) is 17.6. The average molecular weight is 408 g/mol. The number of carbonyl (C=O) groups is 2. The van der Waals surface area contributed by atoms with Crippen molar-refractivity contribution in [1.82, 2.24) is 15.8 Å². The van der Waals surface area contributed by atoms with Gasteiger partial charge < -0.3 is 0 Å². The van der Waals surface area contributed by atoms with Crippen molar-refractivity contribution in [2.75, 3.05) is 13.1 Å². The molecule has 0 saturated carbocycles. The smallest absolute Gasteiger partial charge is 0.270 e. The third-order valence-electron chi connectivity index (χ3n) is 4.02. The largest absolute Gasteiger partial charge is 0.287 e. The van der Waals surface area contributed by atoms with Gasteiger partial charge in [0.2, 0.25) is 0 Å². The van der Waals surface area contributed by atoms with Gasteiger partial charge in [-0.05, 0) is 58.9 Å². The lowest BCUT2D eigenvalue weighted by molar-refractivity contribution is -0.123. The first kappa shape index (κ1) is 17.1. The van der Waals surface area contributed by atoms with E-state index in [2.05, 4.69) is 43.1 Å². The van der Waals surface area contributed by atoms with E-state index in [1.807, 2.05) is 12.1 Å². The molecule has 1 saturated heterocycles. The summed E-state index contributed by atoms with van der Waals surface area (Å²) in [5, 5.41) is 2.06. The van der Waals surface area contributed by atoms with Crippen LogP contribution in [0.1, 0.15) is 34.1 Å². The molecular formula is C17H18BrN3O2S. The van der Waals surface area contributed by atoms with E-state index < -0.39 is 0 Å². The van der Waals surface area contributed by atoms with Crippen molar-refractivity contribution in [1.29, 1.82) is 0 Å². The maximum atomic E-state index is 12.2. The summed E-state index contributed by atoms with van der Waals surface area (Å²) in [7, 11) is 0. The second-order valence-electron chi connectivity index (χ2n) is 5.63. The second kappa shape index (κ2) is 7.92. The Labute approximate surface area is 153 Å². The van der Waals surface area contributed by atoms with E-state index in [1.54, 1.807) is 29.5 Å². The van der Waals surface area contributed by atoms with Crippen molar-refractivity contribution in [3.63, 3.8) is 0 Å². The van der Waals surface area contributed by atoms with Crippen LogP contribution in [-0.4, -0.2) is 29.8 Å². The predicted molar refractivity (Wildman–Crippen MR) is 97.6 cm³/mol. The Morgan fingerprint density at radius 3 is 2.79 bits per heavy atom. The predicted octanol–water partition coefficient (Wildman–Crippen LogP) is 3.11. The van der Waals surface area contributed by atoms with Crippen LogP contribution in [0.25, 0.3) is 0 Å². The standard InChI is InChI=1S/C17H18BrN3O2S/c18-13-6-2-1-5-12(13)17(23)20-19-16(22)11-21-9-3-7-14(21)15-8-4-10-24-15/h1-2,4-6,8,10,14H,3,7,9,11H2,(H,19,22)(H,20,23)/t14-/m0/s1. The van der Waals surface area contributed by atoms with Gasteiger partial charge in [-0.15, -0.1) is 11.3 Å². The van der Waals surface area contributed by atoms with Gasteiger partial charge in [0.25, 0.3) is 11.8 Å². The molecular weight excluding hydrogens is 390 g/mol. The third-order valence-corrected chi connectivity index (χ3v) is 5.68. The number of rotatable bonds is 4. The van der Waals surface area contributed by atoms with Gasteiger partial charge in [0.15, 0.2) is 0 Å². The fourth-order valence-electron chi connectivity index (χ4n) is 2.88. The zero-order valence-electron chi connectivity index (χ0n) is 13.0. The van der Waals surface area contributed by atoms with Gasteiger partial charge >= 0.3 is 0 Å². The molecule has 1 fully saturated rings. The maximum absolute atomic E-state index is 12.2. The highest BCUT2D eigenvalue weighted by Crippen LogP contribution is 2.33. The third kappa shape index (κ3) is 4.03. The van der Waals surface area contributed by atoms with E-state index in [0.717, 1.165) is 19.4 Å². The lowest BCUT2D eigenvalue weighted by Crippen LogP contribution is -2.46. The van der Waals surface area contributed by atoms with Crippen LogP contribution in [0.3, 0.4) is 0 Å². The monoisotopic (exact) mass is 407 g/mol. The minimum atomic E-state index is -0.341. The number of nitrogens with one attached hydrogen (secondary N) is 2. The minimum Gasteiger partial charge on any atom is -0.287 e. The van der Waals surface area contributed by atoms with Gasteiger partial charge in [0, 0.05) is 15.4 Å². The Balaban J connectivity index is 1.52. The van der Waals surface area contributed by atoms with E-state index in [9.17, 15) is 9.59 Å². The molecule has 1 aliphatic rings. The van der Waals surface area contributed by atoms with E-state index in [0.29, 0.717) is 16.1 Å². The topological polar surface area (TPSA) is 61.4 Å². The molecule has 0 radical (unpaired) electrons. The summed E-state index contributed by atoms with van der Waals surface area (Å²) in [5.74, 6) is -0.550. The van der Waals surface area contributed by atoms with Crippen LogP contribution in [0, 0.1) is 0 Å². The molecule has 2 heterocycles. The van der Waals surface area contributed by atoms with E-state index >= 15 is 0 Å². The van der Waals surface area contributed by atoms with Crippen molar-refractivity contribution in [2.45, 2.75) is 18.9 Å². The number of carbonyl (C=O) groups excluding carboxylic acids is 2. The van der Waals surface area contributed by atoms with E-state index in [4.69, 9.17) is 0 Å². The van der Waals surface area contributed by atoms with Crippen LogP contribution >= 0.6 is 27.3 Å². The number of hydrazine groups is 1. The highest BCUT2D eigenvalue weighted by molar-refractivity contribution is 9.10. The molecule has 5 nitrogen and oxygen atoms in total. The molecule has 2 amide bonds. The molecule has 0 aliphatic carbocycles. The van der Waals surface area contributed by atoms with Crippen LogP contribution < -0.4 is 10.9 Å². The van der Waals surface area contributed by atoms with Gasteiger partial charge in [0.1, 0.15) is 0 Å². The first-order valence-electron chi connectivity index (χ1n) is 7.76. The van der Waals surface area contributed by atoms with Gasteiger partial charge in [-0.3, -0.25) is 25.3 Å². The van der Waals surface area contributed by atoms with Crippen molar-refractivity contribution in [3.05, 3.63) is 56.7 Å². The van der Waals surface area contributed by atoms with Crippen molar-refractivity contribution >= 4 is 39.1 Å². The number of nitrogens with zero attached hydrogens (tertiary/aromatic N) is 1. The molecule has 7 heteroatoms. The number of benzene rings is 1. The van der Waals surface area contributed by atoms with E-state index in [1.165, 1.54) is 4.88 Å². The second-order valence-corrected chi connectivity index (χ2v) is 7.46. The van der Waals surface area contributed by atoms with Crippen LogP contribution in [0.5, 0.6) is 0 Å². The first-order valence-corrected chi connectivity index (χ1v) is 9.43. The van der Waals surface area contributed by atoms with E-state index in [-0.39, 0.29) is 18.4 Å². The van der Waals surface area contributed by atoms with Gasteiger partial charge in [-0.1, -0.05) is 18.2 Å². The Morgan fingerprint density at radius 1 is 1.21 bits per heavy atom. The van der Waals surface area contributed by atoms with Crippen molar-refractivity contribution < 1.29 is 9.59 Å². The summed E-state index contributed by atoms with van der Waals surface area (Å²) in [4.78, 5) is 27.7. The highest BCUT2D eigenvalue weighted by atomic mass is 79.9. The fourth-order valence-corrected chi connectivity index (χ4v) is 4.24. The molecule has 1 aromatic carbocycles. The number of halogens is 1. The quantitative estimate of drug-likeness (QED) is 0.765. The maximum Gasteiger partial charge on any atom is 0.270 e. The molecule has 0 spiro atoms.